The predicted octanol–water partition coefficient (Wildman–Crippen LogP) is 6.80. The van der Waals surface area contributed by atoms with Crippen molar-refractivity contribution >= 4 is 8.58 Å². The number of benzene rings is 3. The van der Waals surface area contributed by atoms with Gasteiger partial charge in [0.25, 0.3) is 0 Å². The molecule has 0 radical (unpaired) electrons. The fraction of sp³-hybridized carbons (Fsp3) is 0.143. The Morgan fingerprint density at radius 2 is 1.72 bits per heavy atom. The van der Waals surface area contributed by atoms with Gasteiger partial charge >= 0.3 is 0 Å². The number of aryl methyl sites for hydroxylation is 1. The maximum Gasteiger partial charge on any atom is 0.108 e. The molecule has 0 saturated carbocycles. The monoisotopic (exact) mass is 434 g/mol. The molecule has 0 bridgehead atoms. The van der Waals surface area contributed by atoms with Crippen molar-refractivity contribution in [2.24, 2.45) is 0 Å². The van der Waals surface area contributed by atoms with Crippen molar-refractivity contribution in [3.63, 3.8) is 0 Å². The number of rotatable bonds is 6. The van der Waals surface area contributed by atoms with Crippen molar-refractivity contribution in [1.82, 2.24) is 0 Å². The Balaban J connectivity index is 1.75. The van der Waals surface area contributed by atoms with Crippen molar-refractivity contribution in [2.45, 2.75) is 19.6 Å². The lowest BCUT2D eigenvalue weighted by Crippen LogP contribution is -2.09. The highest BCUT2D eigenvalue weighted by molar-refractivity contribution is 7.42. The van der Waals surface area contributed by atoms with E-state index in [1.54, 1.807) is 0 Å². The van der Waals surface area contributed by atoms with Gasteiger partial charge in [0.2, 0.25) is 0 Å². The molecule has 0 aliphatic carbocycles. The van der Waals surface area contributed by atoms with Crippen LogP contribution in [0, 0.1) is 29.6 Å². The summed E-state index contributed by atoms with van der Waals surface area (Å²) in [5.74, 6) is 2.24. The molecular weight excluding hydrogens is 411 g/mol. The zero-order valence-corrected chi connectivity index (χ0v) is 18.9. The molecule has 0 amide bonds. The van der Waals surface area contributed by atoms with Crippen LogP contribution in [-0.2, 0) is 11.3 Å². The third-order valence-corrected chi connectivity index (χ3v) is 6.57. The highest BCUT2D eigenvalue weighted by atomic mass is 31.1. The minimum atomic E-state index is -0.277. The molecule has 1 aliphatic rings. The summed E-state index contributed by atoms with van der Waals surface area (Å²) in [6.07, 6.45) is 5.08. The third-order valence-electron chi connectivity index (χ3n) is 5.56. The van der Waals surface area contributed by atoms with Crippen molar-refractivity contribution in [1.29, 1.82) is 10.5 Å². The Kier molecular flexibility index (Phi) is 6.94. The van der Waals surface area contributed by atoms with Crippen LogP contribution in [0.15, 0.2) is 90.3 Å². The van der Waals surface area contributed by atoms with Crippen LogP contribution < -0.4 is 0 Å². The summed E-state index contributed by atoms with van der Waals surface area (Å²) in [7, 11) is 0.721. The first-order valence-electron chi connectivity index (χ1n) is 10.5. The highest BCUT2D eigenvalue weighted by Gasteiger charge is 2.20. The van der Waals surface area contributed by atoms with Crippen molar-refractivity contribution in [3.05, 3.63) is 118 Å². The van der Waals surface area contributed by atoms with Crippen LogP contribution in [0.1, 0.15) is 33.9 Å². The SMILES string of the molecule is Cc1ccccc1-c1cc(C(OCc2ccccc2C#N)C2=CPCC=C2)ccc1C#N. The number of hydrogen-bond donors (Lipinski definition) is 0. The second-order valence-corrected chi connectivity index (χ2v) is 8.75. The molecule has 0 fully saturated rings. The Morgan fingerprint density at radius 3 is 2.47 bits per heavy atom. The molecule has 3 nitrogen and oxygen atoms in total. The lowest BCUT2D eigenvalue weighted by atomic mass is 9.92. The van der Waals surface area contributed by atoms with Crippen LogP contribution in [0.2, 0.25) is 0 Å². The van der Waals surface area contributed by atoms with Crippen molar-refractivity contribution < 1.29 is 4.74 Å². The zero-order chi connectivity index (χ0) is 22.3. The van der Waals surface area contributed by atoms with E-state index in [-0.39, 0.29) is 6.10 Å². The molecule has 156 valence electrons. The average molecular weight is 434 g/mol. The largest absolute Gasteiger partial charge is 0.364 e. The Hall–Kier alpha value is -3.49. The lowest BCUT2D eigenvalue weighted by molar-refractivity contribution is 0.0663. The number of allylic oxidation sites excluding steroid dienone is 1. The minimum absolute atomic E-state index is 0.277. The second kappa shape index (κ2) is 10.2. The van der Waals surface area contributed by atoms with Gasteiger partial charge in [0.15, 0.2) is 0 Å². The molecule has 2 atom stereocenters. The molecule has 0 spiro atoms. The summed E-state index contributed by atoms with van der Waals surface area (Å²) in [6, 6.07) is 26.2. The summed E-state index contributed by atoms with van der Waals surface area (Å²) in [5.41, 5.74) is 7.35. The lowest BCUT2D eigenvalue weighted by Gasteiger charge is -2.23. The topological polar surface area (TPSA) is 56.8 Å². The van der Waals surface area contributed by atoms with Gasteiger partial charge in [0, 0.05) is 5.56 Å². The second-order valence-electron chi connectivity index (χ2n) is 7.65. The van der Waals surface area contributed by atoms with E-state index in [0.29, 0.717) is 17.7 Å². The Morgan fingerprint density at radius 1 is 0.938 bits per heavy atom. The van der Waals surface area contributed by atoms with E-state index >= 15 is 0 Å². The minimum Gasteiger partial charge on any atom is -0.364 e. The molecule has 4 rings (SSSR count). The van der Waals surface area contributed by atoms with Gasteiger partial charge in [-0.2, -0.15) is 10.5 Å². The van der Waals surface area contributed by atoms with Gasteiger partial charge in [-0.1, -0.05) is 75.1 Å². The summed E-state index contributed by atoms with van der Waals surface area (Å²) in [6.45, 7) is 2.39. The first-order chi connectivity index (χ1) is 15.7. The van der Waals surface area contributed by atoms with Crippen LogP contribution in [0.5, 0.6) is 0 Å². The third kappa shape index (κ3) is 4.71. The van der Waals surface area contributed by atoms with E-state index in [1.807, 2.05) is 48.5 Å². The molecule has 0 aromatic heterocycles. The summed E-state index contributed by atoms with van der Waals surface area (Å²) < 4.78 is 6.44. The van der Waals surface area contributed by atoms with E-state index in [4.69, 9.17) is 4.74 Å². The zero-order valence-electron chi connectivity index (χ0n) is 17.9. The first kappa shape index (κ1) is 21.7. The molecule has 4 heteroatoms. The predicted molar refractivity (Wildman–Crippen MR) is 130 cm³/mol. The smallest absolute Gasteiger partial charge is 0.108 e. The van der Waals surface area contributed by atoms with Gasteiger partial charge < -0.3 is 4.74 Å². The number of nitriles is 2. The van der Waals surface area contributed by atoms with Crippen LogP contribution in [0.4, 0.5) is 0 Å². The first-order valence-corrected chi connectivity index (χ1v) is 11.8. The average Bonchev–Trinajstić information content (AvgIpc) is 2.85. The Labute approximate surface area is 191 Å². The molecule has 0 N–H and O–H groups in total. The quantitative estimate of drug-likeness (QED) is 0.401. The van der Waals surface area contributed by atoms with Gasteiger partial charge in [-0.25, -0.2) is 0 Å². The van der Waals surface area contributed by atoms with E-state index < -0.39 is 0 Å². The van der Waals surface area contributed by atoms with Gasteiger partial charge in [-0.15, -0.1) is 0 Å². The van der Waals surface area contributed by atoms with E-state index in [2.05, 4.69) is 55.2 Å². The summed E-state index contributed by atoms with van der Waals surface area (Å²) in [5, 5.41) is 19.2. The Bertz CT molecular complexity index is 1280. The molecule has 0 saturated heterocycles. The molecule has 1 heterocycles. The molecule has 1 aliphatic heterocycles. The summed E-state index contributed by atoms with van der Waals surface area (Å²) >= 11 is 0. The number of hydrogen-bond acceptors (Lipinski definition) is 3. The van der Waals surface area contributed by atoms with Gasteiger partial charge in [-0.3, -0.25) is 0 Å². The molecule has 2 unspecified atom stereocenters. The number of ether oxygens (including phenoxy) is 1. The summed E-state index contributed by atoms with van der Waals surface area (Å²) in [4.78, 5) is 0. The fourth-order valence-corrected chi connectivity index (χ4v) is 4.74. The van der Waals surface area contributed by atoms with E-state index in [0.717, 1.165) is 48.1 Å². The van der Waals surface area contributed by atoms with Gasteiger partial charge in [0.1, 0.15) is 6.10 Å². The standard InChI is InChI=1S/C28H23N2OP/c1-20-7-2-5-11-26(20)27-15-21(12-13-23(27)17-30)28(25-10-6-14-32-19-25)31-18-24-9-4-3-8-22(24)16-29/h2-13,15,19,28,32H,14,18H2,1H3. The van der Waals surface area contributed by atoms with Crippen molar-refractivity contribution in [3.8, 4) is 23.3 Å². The maximum atomic E-state index is 9.73. The van der Waals surface area contributed by atoms with Crippen molar-refractivity contribution in [2.75, 3.05) is 6.16 Å². The van der Waals surface area contributed by atoms with Crippen LogP contribution in [-0.4, -0.2) is 6.16 Å². The normalized spacial score (nSPS) is 14.4. The number of nitrogens with zero attached hydrogens (tertiary/aromatic N) is 2. The molecular formula is C28H23N2OP. The molecule has 32 heavy (non-hydrogen) atoms. The van der Waals surface area contributed by atoms with E-state index in [9.17, 15) is 10.5 Å². The van der Waals surface area contributed by atoms with Crippen LogP contribution in [0.25, 0.3) is 11.1 Å². The maximum absolute atomic E-state index is 9.73. The van der Waals surface area contributed by atoms with Crippen LogP contribution >= 0.6 is 8.58 Å². The molecule has 3 aromatic carbocycles. The van der Waals surface area contributed by atoms with E-state index in [1.165, 1.54) is 0 Å². The molecule has 3 aromatic rings. The fourth-order valence-electron chi connectivity index (χ4n) is 3.88. The van der Waals surface area contributed by atoms with Crippen LogP contribution in [0.3, 0.4) is 0 Å². The highest BCUT2D eigenvalue weighted by Crippen LogP contribution is 2.37. The van der Waals surface area contributed by atoms with Gasteiger partial charge in [-0.05, 0) is 59.1 Å². The van der Waals surface area contributed by atoms with Gasteiger partial charge in [0.05, 0.1) is 29.9 Å².